The summed E-state index contributed by atoms with van der Waals surface area (Å²) in [5, 5.41) is 0. The molecule has 3 aliphatic rings. The van der Waals surface area contributed by atoms with Gasteiger partial charge in [0.15, 0.2) is 5.71 Å². The maximum atomic E-state index is 2.65. The van der Waals surface area contributed by atoms with Crippen LogP contribution in [-0.2, 0) is 10.8 Å². The lowest BCUT2D eigenvalue weighted by Gasteiger charge is -2.29. The minimum absolute atomic E-state index is 0.105. The highest BCUT2D eigenvalue weighted by Gasteiger charge is 2.45. The minimum Gasteiger partial charge on any atom is -0.344 e. The van der Waals surface area contributed by atoms with E-state index in [1.54, 1.807) is 0 Å². The van der Waals surface area contributed by atoms with Crippen molar-refractivity contribution in [3.8, 4) is 0 Å². The lowest BCUT2D eigenvalue weighted by Crippen LogP contribution is -2.28. The summed E-state index contributed by atoms with van der Waals surface area (Å²) in [6.45, 7) is 25.7. The minimum atomic E-state index is -0.105. The van der Waals surface area contributed by atoms with Crippen LogP contribution in [0.5, 0.6) is 0 Å². The van der Waals surface area contributed by atoms with Gasteiger partial charge in [0.05, 0.1) is 11.1 Å². The van der Waals surface area contributed by atoms with Crippen LogP contribution in [0, 0.1) is 25.7 Å². The second kappa shape index (κ2) is 18.4. The van der Waals surface area contributed by atoms with Gasteiger partial charge in [0.2, 0.25) is 5.69 Å². The van der Waals surface area contributed by atoms with Gasteiger partial charge in [-0.1, -0.05) is 145 Å². The zero-order valence-electron chi connectivity index (χ0n) is 38.6. The summed E-state index contributed by atoms with van der Waals surface area (Å²) >= 11 is 0. The van der Waals surface area contributed by atoms with Crippen LogP contribution in [0.1, 0.15) is 129 Å². The van der Waals surface area contributed by atoms with Crippen molar-refractivity contribution in [3.05, 3.63) is 166 Å². The predicted octanol–water partition coefficient (Wildman–Crippen LogP) is 15.4. The predicted molar refractivity (Wildman–Crippen MR) is 260 cm³/mol. The monoisotopic (exact) mass is 799 g/mol. The standard InChI is InChI=1S/C57H72N3/c1-11-19-41(3)35-37-58-51-31-25-43(5)39-49(51)56(7,8)53(58)33-29-45-27-28-46(55(45)60(47-21-15-13-16-22-47)48-23-17-14-18-24-48)30-34-54-57(9,10)50-40-44(6)26-32-52(50)59(54)38-36-42(4)20-12-2/h13-18,21-26,29-34,39-42H,11-12,19-20,27-28,35-38H2,1-10H3/q+1. The third-order valence-corrected chi connectivity index (χ3v) is 13.8. The number of benzene rings is 4. The highest BCUT2D eigenvalue weighted by molar-refractivity contribution is 6.03. The Morgan fingerprint density at radius 1 is 0.667 bits per heavy atom. The molecule has 2 unspecified atom stereocenters. The van der Waals surface area contributed by atoms with E-state index in [9.17, 15) is 0 Å². The fraction of sp³-hybridized carbons (Fsp3) is 0.421. The molecule has 0 saturated carbocycles. The van der Waals surface area contributed by atoms with Crippen LogP contribution in [0.3, 0.4) is 0 Å². The maximum absolute atomic E-state index is 2.65. The molecule has 4 aromatic carbocycles. The normalized spacial score (nSPS) is 19.2. The van der Waals surface area contributed by atoms with E-state index in [-0.39, 0.29) is 10.8 Å². The van der Waals surface area contributed by atoms with Gasteiger partial charge in [-0.25, -0.2) is 0 Å². The summed E-state index contributed by atoms with van der Waals surface area (Å²) in [5.41, 5.74) is 17.3. The number of rotatable bonds is 16. The van der Waals surface area contributed by atoms with Gasteiger partial charge in [0.25, 0.3) is 0 Å². The molecule has 0 radical (unpaired) electrons. The summed E-state index contributed by atoms with van der Waals surface area (Å²) in [6.07, 6.45) is 19.3. The third kappa shape index (κ3) is 8.79. The van der Waals surface area contributed by atoms with Crippen molar-refractivity contribution in [2.75, 3.05) is 22.9 Å². The molecular weight excluding hydrogens is 727 g/mol. The van der Waals surface area contributed by atoms with Gasteiger partial charge >= 0.3 is 0 Å². The molecule has 2 atom stereocenters. The van der Waals surface area contributed by atoms with E-state index in [2.05, 4.69) is 205 Å². The smallest absolute Gasteiger partial charge is 0.209 e. The molecule has 0 saturated heterocycles. The molecule has 4 aromatic rings. The second-order valence-electron chi connectivity index (χ2n) is 19.3. The third-order valence-electron chi connectivity index (χ3n) is 13.8. The summed E-state index contributed by atoms with van der Waals surface area (Å²) in [6, 6.07) is 36.2. The largest absolute Gasteiger partial charge is 0.344 e. The molecule has 7 rings (SSSR count). The zero-order valence-corrected chi connectivity index (χ0v) is 38.6. The fourth-order valence-electron chi connectivity index (χ4n) is 10.3. The Kier molecular flexibility index (Phi) is 13.2. The van der Waals surface area contributed by atoms with Gasteiger partial charge in [-0.15, -0.1) is 0 Å². The number of anilines is 3. The first-order valence-corrected chi connectivity index (χ1v) is 23.2. The summed E-state index contributed by atoms with van der Waals surface area (Å²) < 4.78 is 2.65. The molecule has 3 heteroatoms. The zero-order chi connectivity index (χ0) is 42.6. The Balaban J connectivity index is 1.38. The van der Waals surface area contributed by atoms with Crippen molar-refractivity contribution >= 4 is 28.5 Å². The van der Waals surface area contributed by atoms with Gasteiger partial charge in [0.1, 0.15) is 6.54 Å². The lowest BCUT2D eigenvalue weighted by atomic mass is 9.80. The van der Waals surface area contributed by atoms with E-state index in [1.165, 1.54) is 112 Å². The van der Waals surface area contributed by atoms with Crippen molar-refractivity contribution < 1.29 is 4.58 Å². The first-order chi connectivity index (χ1) is 28.8. The topological polar surface area (TPSA) is 9.49 Å². The number of allylic oxidation sites excluding steroid dienone is 7. The van der Waals surface area contributed by atoms with Crippen LogP contribution in [-0.4, -0.2) is 23.4 Å². The van der Waals surface area contributed by atoms with Gasteiger partial charge in [0, 0.05) is 58.8 Å². The van der Waals surface area contributed by atoms with Crippen LogP contribution in [0.15, 0.2) is 144 Å². The lowest BCUT2D eigenvalue weighted by molar-refractivity contribution is -0.439. The summed E-state index contributed by atoms with van der Waals surface area (Å²) in [5.74, 6) is 1.40. The van der Waals surface area contributed by atoms with E-state index in [4.69, 9.17) is 0 Å². The molecule has 314 valence electrons. The first kappa shape index (κ1) is 43.2. The van der Waals surface area contributed by atoms with Gasteiger partial charge in [-0.3, -0.25) is 0 Å². The molecule has 60 heavy (non-hydrogen) atoms. The molecule has 3 nitrogen and oxygen atoms in total. The van der Waals surface area contributed by atoms with E-state index >= 15 is 0 Å². The van der Waals surface area contributed by atoms with Crippen molar-refractivity contribution in [1.82, 2.24) is 0 Å². The highest BCUT2D eigenvalue weighted by Crippen LogP contribution is 2.49. The van der Waals surface area contributed by atoms with E-state index in [1.807, 2.05) is 0 Å². The Morgan fingerprint density at radius 3 is 1.90 bits per heavy atom. The number of fused-ring (bicyclic) bond motifs is 2. The quantitative estimate of drug-likeness (QED) is 0.104. The molecule has 0 bridgehead atoms. The SMILES string of the molecule is CCCC(C)CCN1/C(=C/C=C2\CCC(/C=C/C3=[N+](CCC(C)CCC)c4ccc(C)cc4C3(C)C)=C2N(c2ccccc2)c2ccccc2)C(C)(C)c2cc(C)ccc21. The van der Waals surface area contributed by atoms with Crippen LogP contribution < -0.4 is 9.80 Å². The van der Waals surface area contributed by atoms with Gasteiger partial charge in [-0.05, 0) is 118 Å². The molecular formula is C57H72N3+. The van der Waals surface area contributed by atoms with Gasteiger partial charge < -0.3 is 9.80 Å². The second-order valence-corrected chi connectivity index (χ2v) is 19.3. The molecule has 0 amide bonds. The van der Waals surface area contributed by atoms with E-state index in [0.717, 1.165) is 25.9 Å². The van der Waals surface area contributed by atoms with Crippen molar-refractivity contribution in [2.24, 2.45) is 11.8 Å². The van der Waals surface area contributed by atoms with Crippen LogP contribution >= 0.6 is 0 Å². The molecule has 0 aromatic heterocycles. The Bertz CT molecular complexity index is 2260. The molecule has 2 heterocycles. The first-order valence-electron chi connectivity index (χ1n) is 23.2. The van der Waals surface area contributed by atoms with Crippen molar-refractivity contribution in [3.63, 3.8) is 0 Å². The molecule has 2 aliphatic heterocycles. The van der Waals surface area contributed by atoms with E-state index in [0.29, 0.717) is 11.8 Å². The van der Waals surface area contributed by atoms with Crippen LogP contribution in [0.2, 0.25) is 0 Å². The molecule has 1 aliphatic carbocycles. The number of aryl methyl sites for hydroxylation is 2. The van der Waals surface area contributed by atoms with Crippen molar-refractivity contribution in [1.29, 1.82) is 0 Å². The molecule has 0 spiro atoms. The van der Waals surface area contributed by atoms with Gasteiger partial charge in [-0.2, -0.15) is 4.58 Å². The Hall–Kier alpha value is -4.89. The van der Waals surface area contributed by atoms with E-state index < -0.39 is 0 Å². The maximum Gasteiger partial charge on any atom is 0.209 e. The molecule has 0 fully saturated rings. The average Bonchev–Trinajstić information content (AvgIpc) is 3.79. The number of nitrogens with zero attached hydrogens (tertiary/aromatic N) is 3. The number of hydrogen-bond acceptors (Lipinski definition) is 2. The number of hydrogen-bond donors (Lipinski definition) is 0. The number of para-hydroxylation sites is 2. The average molecular weight is 799 g/mol. The van der Waals surface area contributed by atoms with Crippen molar-refractivity contribution in [2.45, 2.75) is 131 Å². The highest BCUT2D eigenvalue weighted by atomic mass is 15.2. The Morgan fingerprint density at radius 2 is 1.27 bits per heavy atom. The summed E-state index contributed by atoms with van der Waals surface area (Å²) in [4.78, 5) is 5.17. The molecule has 0 N–H and O–H groups in total. The Labute approximate surface area is 363 Å². The fourth-order valence-corrected chi connectivity index (χ4v) is 10.3. The summed E-state index contributed by atoms with van der Waals surface area (Å²) in [7, 11) is 0. The van der Waals surface area contributed by atoms with Crippen LogP contribution in [0.25, 0.3) is 0 Å². The van der Waals surface area contributed by atoms with Crippen LogP contribution in [0.4, 0.5) is 22.7 Å².